The molecule has 1 aromatic rings. The molecule has 6 heteroatoms. The summed E-state index contributed by atoms with van der Waals surface area (Å²) >= 11 is 0. The molecule has 1 heterocycles. The number of methoxy groups -OCH3 is 1. The van der Waals surface area contributed by atoms with Crippen LogP contribution in [-0.2, 0) is 14.8 Å². The van der Waals surface area contributed by atoms with Gasteiger partial charge in [0.2, 0.25) is 10.0 Å². The topological polar surface area (TPSA) is 46.6 Å². The molecule has 0 saturated carbocycles. The van der Waals surface area contributed by atoms with E-state index in [1.54, 1.807) is 7.11 Å². The molecule has 100 valence electrons. The molecule has 1 aromatic carbocycles. The molecule has 0 atom stereocenters. The van der Waals surface area contributed by atoms with E-state index in [-0.39, 0.29) is 11.0 Å². The second kappa shape index (κ2) is 5.34. The molecule has 18 heavy (non-hydrogen) atoms. The van der Waals surface area contributed by atoms with E-state index in [0.29, 0.717) is 25.9 Å². The van der Waals surface area contributed by atoms with Crippen LogP contribution in [0, 0.1) is 5.82 Å². The van der Waals surface area contributed by atoms with Gasteiger partial charge in [0.15, 0.2) is 0 Å². The van der Waals surface area contributed by atoms with Crippen LogP contribution in [0.3, 0.4) is 0 Å². The van der Waals surface area contributed by atoms with Gasteiger partial charge < -0.3 is 4.74 Å². The minimum absolute atomic E-state index is 0.0124. The second-order valence-corrected chi connectivity index (χ2v) is 6.23. The number of hydrogen-bond acceptors (Lipinski definition) is 3. The first kappa shape index (κ1) is 13.5. The highest BCUT2D eigenvalue weighted by atomic mass is 32.2. The molecule has 2 rings (SSSR count). The fourth-order valence-electron chi connectivity index (χ4n) is 2.08. The maximum absolute atomic E-state index is 13.1. The molecular weight excluding hydrogens is 257 g/mol. The second-order valence-electron chi connectivity index (χ2n) is 4.30. The van der Waals surface area contributed by atoms with Gasteiger partial charge in [-0.25, -0.2) is 12.8 Å². The summed E-state index contributed by atoms with van der Waals surface area (Å²) in [6, 6.07) is 5.11. The lowest BCUT2D eigenvalue weighted by Gasteiger charge is -2.30. The van der Waals surface area contributed by atoms with E-state index in [9.17, 15) is 12.8 Å². The van der Waals surface area contributed by atoms with Crippen LogP contribution in [0.5, 0.6) is 0 Å². The predicted octanol–water partition coefficient (Wildman–Crippen LogP) is 1.63. The zero-order valence-electron chi connectivity index (χ0n) is 10.2. The van der Waals surface area contributed by atoms with Crippen molar-refractivity contribution in [2.75, 3.05) is 20.2 Å². The van der Waals surface area contributed by atoms with Crippen LogP contribution in [0.1, 0.15) is 12.8 Å². The molecule has 0 aromatic heterocycles. The zero-order chi connectivity index (χ0) is 13.2. The van der Waals surface area contributed by atoms with Crippen molar-refractivity contribution in [2.24, 2.45) is 0 Å². The van der Waals surface area contributed by atoms with Gasteiger partial charge in [-0.05, 0) is 31.0 Å². The van der Waals surface area contributed by atoms with Gasteiger partial charge in [-0.2, -0.15) is 4.31 Å². The van der Waals surface area contributed by atoms with Crippen LogP contribution in [0.25, 0.3) is 0 Å². The lowest BCUT2D eigenvalue weighted by molar-refractivity contribution is 0.0604. The molecule has 1 saturated heterocycles. The number of benzene rings is 1. The summed E-state index contributed by atoms with van der Waals surface area (Å²) in [7, 11) is -1.95. The van der Waals surface area contributed by atoms with Crippen molar-refractivity contribution in [3.8, 4) is 0 Å². The van der Waals surface area contributed by atoms with Crippen LogP contribution >= 0.6 is 0 Å². The first-order valence-electron chi connectivity index (χ1n) is 5.82. The Hall–Kier alpha value is -0.980. The molecule has 0 radical (unpaired) electrons. The van der Waals surface area contributed by atoms with E-state index >= 15 is 0 Å². The third-order valence-electron chi connectivity index (χ3n) is 3.17. The summed E-state index contributed by atoms with van der Waals surface area (Å²) in [6.07, 6.45) is 1.46. The molecule has 0 bridgehead atoms. The van der Waals surface area contributed by atoms with Crippen LogP contribution < -0.4 is 0 Å². The van der Waals surface area contributed by atoms with Crippen molar-refractivity contribution < 1.29 is 17.5 Å². The smallest absolute Gasteiger partial charge is 0.243 e. The molecule has 0 N–H and O–H groups in total. The van der Waals surface area contributed by atoms with Gasteiger partial charge in [-0.1, -0.05) is 6.07 Å². The Balaban J connectivity index is 2.17. The van der Waals surface area contributed by atoms with Gasteiger partial charge >= 0.3 is 0 Å². The highest BCUT2D eigenvalue weighted by Crippen LogP contribution is 2.22. The van der Waals surface area contributed by atoms with Crippen molar-refractivity contribution in [3.63, 3.8) is 0 Å². The highest BCUT2D eigenvalue weighted by Gasteiger charge is 2.29. The van der Waals surface area contributed by atoms with Crippen molar-refractivity contribution >= 4 is 10.0 Å². The Morgan fingerprint density at radius 3 is 2.56 bits per heavy atom. The summed E-state index contributed by atoms with van der Waals surface area (Å²) in [6.45, 7) is 0.828. The Labute approximate surface area is 106 Å². The molecule has 1 aliphatic heterocycles. The summed E-state index contributed by atoms with van der Waals surface area (Å²) < 4.78 is 44.2. The number of sulfonamides is 1. The maximum atomic E-state index is 13.1. The number of ether oxygens (including phenoxy) is 1. The van der Waals surface area contributed by atoms with Crippen molar-refractivity contribution in [1.29, 1.82) is 0 Å². The Morgan fingerprint density at radius 1 is 1.33 bits per heavy atom. The first-order valence-corrected chi connectivity index (χ1v) is 7.26. The van der Waals surface area contributed by atoms with E-state index in [1.165, 1.54) is 22.5 Å². The van der Waals surface area contributed by atoms with Crippen LogP contribution in [0.15, 0.2) is 29.2 Å². The number of halogens is 1. The van der Waals surface area contributed by atoms with E-state index in [0.717, 1.165) is 6.07 Å². The average Bonchev–Trinajstić information content (AvgIpc) is 2.39. The molecule has 0 aliphatic carbocycles. The normalized spacial score (nSPS) is 19.0. The molecule has 0 spiro atoms. The number of nitrogens with zero attached hydrogens (tertiary/aromatic N) is 1. The summed E-state index contributed by atoms with van der Waals surface area (Å²) in [5.41, 5.74) is 0. The highest BCUT2D eigenvalue weighted by molar-refractivity contribution is 7.89. The van der Waals surface area contributed by atoms with E-state index in [4.69, 9.17) is 4.74 Å². The maximum Gasteiger partial charge on any atom is 0.243 e. The lowest BCUT2D eigenvalue weighted by atomic mass is 10.1. The standard InChI is InChI=1S/C12H16FNO3S/c1-17-11-5-7-14(8-6-11)18(15,16)12-4-2-3-10(13)9-12/h2-4,9,11H,5-8H2,1H3. The monoisotopic (exact) mass is 273 g/mol. The third-order valence-corrected chi connectivity index (χ3v) is 5.06. The molecular formula is C12H16FNO3S. The van der Waals surface area contributed by atoms with Crippen LogP contribution in [-0.4, -0.2) is 39.0 Å². The summed E-state index contributed by atoms with van der Waals surface area (Å²) in [4.78, 5) is 0.0124. The zero-order valence-corrected chi connectivity index (χ0v) is 11.0. The van der Waals surface area contributed by atoms with Gasteiger partial charge in [-0.15, -0.1) is 0 Å². The summed E-state index contributed by atoms with van der Waals surface area (Å²) in [5.74, 6) is -0.539. The van der Waals surface area contributed by atoms with Crippen molar-refractivity contribution in [3.05, 3.63) is 30.1 Å². The van der Waals surface area contributed by atoms with E-state index < -0.39 is 15.8 Å². The van der Waals surface area contributed by atoms with Gasteiger partial charge in [0.25, 0.3) is 0 Å². The van der Waals surface area contributed by atoms with E-state index in [2.05, 4.69) is 0 Å². The van der Waals surface area contributed by atoms with Gasteiger partial charge in [0.05, 0.1) is 11.0 Å². The quantitative estimate of drug-likeness (QED) is 0.841. The molecule has 0 amide bonds. The van der Waals surface area contributed by atoms with Crippen molar-refractivity contribution in [2.45, 2.75) is 23.8 Å². The fraction of sp³-hybridized carbons (Fsp3) is 0.500. The van der Waals surface area contributed by atoms with E-state index in [1.807, 2.05) is 0 Å². The number of piperidine rings is 1. The first-order chi connectivity index (χ1) is 8.54. The van der Waals surface area contributed by atoms with Crippen molar-refractivity contribution in [1.82, 2.24) is 4.31 Å². The fourth-order valence-corrected chi connectivity index (χ4v) is 3.59. The van der Waals surface area contributed by atoms with Crippen LogP contribution in [0.4, 0.5) is 4.39 Å². The molecule has 1 fully saturated rings. The Kier molecular flexibility index (Phi) is 3.99. The average molecular weight is 273 g/mol. The molecule has 4 nitrogen and oxygen atoms in total. The molecule has 1 aliphatic rings. The van der Waals surface area contributed by atoms with Gasteiger partial charge in [0.1, 0.15) is 5.82 Å². The Morgan fingerprint density at radius 2 is 2.00 bits per heavy atom. The van der Waals surface area contributed by atoms with Crippen LogP contribution in [0.2, 0.25) is 0 Å². The SMILES string of the molecule is COC1CCN(S(=O)(=O)c2cccc(F)c2)CC1. The minimum atomic E-state index is -3.58. The van der Waals surface area contributed by atoms with Gasteiger partial charge in [0, 0.05) is 20.2 Å². The molecule has 0 unspecified atom stereocenters. The third kappa shape index (κ3) is 2.71. The minimum Gasteiger partial charge on any atom is -0.381 e. The summed E-state index contributed by atoms with van der Waals surface area (Å²) in [5, 5.41) is 0. The lowest BCUT2D eigenvalue weighted by Crippen LogP contribution is -2.40. The van der Waals surface area contributed by atoms with Gasteiger partial charge in [-0.3, -0.25) is 0 Å². The largest absolute Gasteiger partial charge is 0.381 e. The number of hydrogen-bond donors (Lipinski definition) is 0. The number of rotatable bonds is 3. The Bertz CT molecular complexity index is 510. The predicted molar refractivity (Wildman–Crippen MR) is 65.2 cm³/mol.